The minimum absolute atomic E-state index is 0.269. The van der Waals surface area contributed by atoms with Crippen molar-refractivity contribution in [2.45, 2.75) is 20.0 Å². The minimum atomic E-state index is -0.269. The summed E-state index contributed by atoms with van der Waals surface area (Å²) in [5.41, 5.74) is 1.21. The average Bonchev–Trinajstić information content (AvgIpc) is 2.47. The Morgan fingerprint density at radius 1 is 1.67 bits per heavy atom. The maximum absolute atomic E-state index is 9.71. The summed E-state index contributed by atoms with van der Waals surface area (Å²) in [5, 5.41) is 11.7. The molecule has 0 aliphatic rings. The van der Waals surface area contributed by atoms with Gasteiger partial charge in [0.1, 0.15) is 0 Å². The molecule has 0 amide bonds. The van der Waals surface area contributed by atoms with Crippen LogP contribution in [0.4, 0.5) is 0 Å². The highest BCUT2D eigenvalue weighted by molar-refractivity contribution is 7.99. The van der Waals surface area contributed by atoms with Crippen molar-refractivity contribution >= 4 is 23.1 Å². The molecule has 12 heavy (non-hydrogen) atoms. The molecule has 1 atom stereocenters. The van der Waals surface area contributed by atoms with Gasteiger partial charge in [-0.05, 0) is 29.7 Å². The van der Waals surface area contributed by atoms with E-state index in [1.807, 2.05) is 12.3 Å². The van der Waals surface area contributed by atoms with Crippen LogP contribution in [-0.4, -0.2) is 16.6 Å². The van der Waals surface area contributed by atoms with Crippen molar-refractivity contribution in [2.24, 2.45) is 0 Å². The molecule has 0 bridgehead atoms. The number of thioether (sulfide) groups is 1. The summed E-state index contributed by atoms with van der Waals surface area (Å²) < 4.78 is 0. The molecule has 1 rings (SSSR count). The Hall–Kier alpha value is 0.0100. The van der Waals surface area contributed by atoms with Crippen LogP contribution in [0, 0.1) is 6.92 Å². The van der Waals surface area contributed by atoms with Gasteiger partial charge in [-0.15, -0.1) is 11.3 Å². The van der Waals surface area contributed by atoms with Gasteiger partial charge in [-0.25, -0.2) is 0 Å². The second kappa shape index (κ2) is 4.90. The van der Waals surface area contributed by atoms with E-state index in [1.165, 1.54) is 5.56 Å². The Morgan fingerprint density at radius 2 is 2.42 bits per heavy atom. The monoisotopic (exact) mass is 202 g/mol. The maximum Gasteiger partial charge on any atom is 0.0974 e. The molecule has 0 aliphatic heterocycles. The molecule has 0 aromatic carbocycles. The zero-order chi connectivity index (χ0) is 8.97. The number of rotatable bonds is 4. The Bertz CT molecular complexity index is 232. The number of thiophene rings is 1. The first kappa shape index (κ1) is 10.1. The fourth-order valence-electron chi connectivity index (χ4n) is 1.03. The van der Waals surface area contributed by atoms with Gasteiger partial charge in [0.05, 0.1) is 6.10 Å². The zero-order valence-electron chi connectivity index (χ0n) is 7.41. The van der Waals surface area contributed by atoms with E-state index >= 15 is 0 Å². The van der Waals surface area contributed by atoms with Gasteiger partial charge in [0.25, 0.3) is 0 Å². The third kappa shape index (κ3) is 2.51. The zero-order valence-corrected chi connectivity index (χ0v) is 9.04. The highest BCUT2D eigenvalue weighted by Crippen LogP contribution is 2.26. The van der Waals surface area contributed by atoms with Crippen LogP contribution in [0.25, 0.3) is 0 Å². The molecule has 0 saturated carbocycles. The molecule has 0 aliphatic carbocycles. The van der Waals surface area contributed by atoms with E-state index in [0.29, 0.717) is 0 Å². The summed E-state index contributed by atoms with van der Waals surface area (Å²) in [4.78, 5) is 1.12. The van der Waals surface area contributed by atoms with Crippen LogP contribution < -0.4 is 0 Å². The predicted molar refractivity (Wildman–Crippen MR) is 57.0 cm³/mol. The normalized spacial score (nSPS) is 13.2. The molecule has 68 valence electrons. The van der Waals surface area contributed by atoms with Crippen LogP contribution in [0.1, 0.15) is 23.5 Å². The van der Waals surface area contributed by atoms with Gasteiger partial charge in [-0.1, -0.05) is 6.92 Å². The standard InChI is InChI=1S/C9H14OS2/c1-3-11-6-8(10)9-7(2)4-5-12-9/h4-5,8,10H,3,6H2,1-2H3. The summed E-state index contributed by atoms with van der Waals surface area (Å²) in [6.07, 6.45) is -0.269. The van der Waals surface area contributed by atoms with Gasteiger partial charge in [-0.2, -0.15) is 11.8 Å². The summed E-state index contributed by atoms with van der Waals surface area (Å²) in [5.74, 6) is 1.89. The van der Waals surface area contributed by atoms with Gasteiger partial charge >= 0.3 is 0 Å². The minimum Gasteiger partial charge on any atom is -0.387 e. The van der Waals surface area contributed by atoms with Crippen LogP contribution in [0.3, 0.4) is 0 Å². The first-order valence-electron chi connectivity index (χ1n) is 4.05. The van der Waals surface area contributed by atoms with Crippen LogP contribution in [0.5, 0.6) is 0 Å². The third-order valence-electron chi connectivity index (χ3n) is 1.68. The van der Waals surface area contributed by atoms with Gasteiger partial charge in [0.15, 0.2) is 0 Å². The maximum atomic E-state index is 9.71. The van der Waals surface area contributed by atoms with Gasteiger partial charge < -0.3 is 5.11 Å². The smallest absolute Gasteiger partial charge is 0.0974 e. The van der Waals surface area contributed by atoms with Gasteiger partial charge in [0.2, 0.25) is 0 Å². The second-order valence-electron chi connectivity index (χ2n) is 2.64. The highest BCUT2D eigenvalue weighted by Gasteiger charge is 2.10. The largest absolute Gasteiger partial charge is 0.387 e. The average molecular weight is 202 g/mol. The summed E-state index contributed by atoms with van der Waals surface area (Å²) >= 11 is 3.42. The fourth-order valence-corrected chi connectivity index (χ4v) is 2.68. The molecule has 3 heteroatoms. The summed E-state index contributed by atoms with van der Waals surface area (Å²) in [6, 6.07) is 2.06. The molecule has 0 saturated heterocycles. The van der Waals surface area contributed by atoms with Crippen LogP contribution in [0.2, 0.25) is 0 Å². The van der Waals surface area contributed by atoms with Crippen LogP contribution in [0.15, 0.2) is 11.4 Å². The number of aryl methyl sites for hydroxylation is 1. The molecule has 0 spiro atoms. The van der Waals surface area contributed by atoms with E-state index in [0.717, 1.165) is 16.4 Å². The number of aliphatic hydroxyl groups is 1. The van der Waals surface area contributed by atoms with Crippen molar-refractivity contribution in [3.8, 4) is 0 Å². The molecular formula is C9H14OS2. The van der Waals surface area contributed by atoms with Crippen molar-refractivity contribution in [3.63, 3.8) is 0 Å². The lowest BCUT2D eigenvalue weighted by Crippen LogP contribution is -1.99. The first-order valence-corrected chi connectivity index (χ1v) is 6.09. The molecule has 0 radical (unpaired) electrons. The lowest BCUT2D eigenvalue weighted by Gasteiger charge is -2.08. The molecule has 1 aromatic rings. The molecule has 1 N–H and O–H groups in total. The Kier molecular flexibility index (Phi) is 4.12. The summed E-state index contributed by atoms with van der Waals surface area (Å²) in [6.45, 7) is 4.16. The van der Waals surface area contributed by atoms with Crippen molar-refractivity contribution in [2.75, 3.05) is 11.5 Å². The highest BCUT2D eigenvalue weighted by atomic mass is 32.2. The van der Waals surface area contributed by atoms with E-state index < -0.39 is 0 Å². The topological polar surface area (TPSA) is 20.2 Å². The third-order valence-corrected chi connectivity index (χ3v) is 3.76. The van der Waals surface area contributed by atoms with Crippen molar-refractivity contribution in [1.82, 2.24) is 0 Å². The molecule has 1 unspecified atom stereocenters. The predicted octanol–water partition coefficient (Wildman–Crippen LogP) is 2.84. The number of hydrogen-bond donors (Lipinski definition) is 1. The van der Waals surface area contributed by atoms with Crippen molar-refractivity contribution in [3.05, 3.63) is 21.9 Å². The van der Waals surface area contributed by atoms with Gasteiger partial charge in [0, 0.05) is 10.6 Å². The molecule has 0 fully saturated rings. The SMILES string of the molecule is CCSCC(O)c1sccc1C. The molecule has 1 heterocycles. The Morgan fingerprint density at radius 3 is 2.92 bits per heavy atom. The van der Waals surface area contributed by atoms with Crippen molar-refractivity contribution in [1.29, 1.82) is 0 Å². The number of hydrogen-bond acceptors (Lipinski definition) is 3. The lowest BCUT2D eigenvalue weighted by molar-refractivity contribution is 0.207. The Balaban J connectivity index is 2.52. The van der Waals surface area contributed by atoms with Crippen LogP contribution in [-0.2, 0) is 0 Å². The van der Waals surface area contributed by atoms with E-state index in [-0.39, 0.29) is 6.10 Å². The quantitative estimate of drug-likeness (QED) is 0.810. The molecular weight excluding hydrogens is 188 g/mol. The fraction of sp³-hybridized carbons (Fsp3) is 0.556. The van der Waals surface area contributed by atoms with Gasteiger partial charge in [-0.3, -0.25) is 0 Å². The van der Waals surface area contributed by atoms with Crippen molar-refractivity contribution < 1.29 is 5.11 Å². The molecule has 1 aromatic heterocycles. The van der Waals surface area contributed by atoms with E-state index in [9.17, 15) is 5.11 Å². The van der Waals surface area contributed by atoms with E-state index in [4.69, 9.17) is 0 Å². The van der Waals surface area contributed by atoms with Crippen LogP contribution >= 0.6 is 23.1 Å². The summed E-state index contributed by atoms with van der Waals surface area (Å²) in [7, 11) is 0. The first-order chi connectivity index (χ1) is 5.75. The molecule has 1 nitrogen and oxygen atoms in total. The second-order valence-corrected chi connectivity index (χ2v) is 4.91. The lowest BCUT2D eigenvalue weighted by atomic mass is 10.2. The van der Waals surface area contributed by atoms with E-state index in [1.54, 1.807) is 23.1 Å². The number of aliphatic hydroxyl groups excluding tert-OH is 1. The Labute approximate surface area is 81.8 Å². The van der Waals surface area contributed by atoms with E-state index in [2.05, 4.69) is 13.0 Å².